The summed E-state index contributed by atoms with van der Waals surface area (Å²) >= 11 is 0. The van der Waals surface area contributed by atoms with E-state index in [0.717, 1.165) is 147 Å². The van der Waals surface area contributed by atoms with E-state index in [1.54, 1.807) is 64.8 Å². The number of aromatic nitrogens is 6. The first-order valence-electron chi connectivity index (χ1n) is 43.6. The Kier molecular flexibility index (Phi) is 27.4. The summed E-state index contributed by atoms with van der Waals surface area (Å²) in [5.74, 6) is 4.45. The van der Waals surface area contributed by atoms with Gasteiger partial charge in [-0.15, -0.1) is 0 Å². The maximum atomic E-state index is 12.5. The Morgan fingerprint density at radius 3 is 1.05 bits per heavy atom. The van der Waals surface area contributed by atoms with Gasteiger partial charge in [0.1, 0.15) is 83.7 Å². The Balaban J connectivity index is 0.000000134. The molecule has 10 aliphatic heterocycles. The smallest absolute Gasteiger partial charge is 0.251 e. The highest BCUT2D eigenvalue weighted by atomic mass is 16.5. The van der Waals surface area contributed by atoms with Gasteiger partial charge in [-0.05, 0) is 153 Å². The predicted molar refractivity (Wildman–Crippen MR) is 474 cm³/mol. The molecule has 0 saturated carbocycles. The summed E-state index contributed by atoms with van der Waals surface area (Å²) in [7, 11) is 0. The second-order valence-corrected chi connectivity index (χ2v) is 33.2. The molecule has 10 aliphatic rings. The second kappa shape index (κ2) is 40.4. The molecule has 9 aromatic rings. The average Bonchev–Trinajstić information content (AvgIpc) is 1.39. The number of aliphatic hydroxyl groups is 1. The summed E-state index contributed by atoms with van der Waals surface area (Å²) < 4.78 is 39.5. The molecular formula is C94H102N22O11. The molecule has 33 nitrogen and oxygen atoms in total. The molecule has 33 heteroatoms. The number of likely N-dealkylation sites (tertiary alicyclic amines) is 3. The van der Waals surface area contributed by atoms with E-state index in [2.05, 4.69) is 161 Å². The number of anilines is 9. The van der Waals surface area contributed by atoms with Crippen molar-refractivity contribution in [2.24, 2.45) is 5.92 Å². The maximum Gasteiger partial charge on any atom is 0.251 e. The Hall–Kier alpha value is -13.2. The SMILES string of the molecule is C[C@H](O)C(=O)N1CC[C@@H](Oc2ccc(-c3nccc(Nc4ccc(N5CCN(C6COC6)CC5)cc4)n3)cc2C#N)C1.N#CCC(=O)N1CC[C@@H](Oc2ccc(-c3nccc(Nc4ccc(N5CCN(C6COC6)CC5)cc4)n3)cc2C#N)C1.N#Cc1cc(-c2nccc(Nc3ccc(N4CCN(C5COC5)CC4)cc3)n2)ccc1O[C@@H]1CCN(C(=O)C2COC2)C1. The lowest BCUT2D eigenvalue weighted by Gasteiger charge is -2.43. The topological polar surface area (TPSA) is 374 Å². The lowest BCUT2D eigenvalue weighted by molar-refractivity contribution is -0.149. The number of hydrogen-bond acceptors (Lipinski definition) is 30. The monoisotopic (exact) mass is 1710 g/mol. The number of ether oxygens (including phenoxy) is 7. The molecule has 3 amide bonds. The van der Waals surface area contributed by atoms with Gasteiger partial charge in [0.15, 0.2) is 17.5 Å². The molecule has 0 spiro atoms. The largest absolute Gasteiger partial charge is 0.487 e. The molecule has 127 heavy (non-hydrogen) atoms. The van der Waals surface area contributed by atoms with Gasteiger partial charge in [-0.1, -0.05) is 0 Å². The van der Waals surface area contributed by atoms with Gasteiger partial charge < -0.3 is 83.6 Å². The minimum atomic E-state index is -1.04. The average molecular weight is 1720 g/mol. The number of hydrogen-bond donors (Lipinski definition) is 4. The molecule has 4 atom stereocenters. The van der Waals surface area contributed by atoms with Crippen LogP contribution in [0.3, 0.4) is 0 Å². The quantitative estimate of drug-likeness (QED) is 0.0439. The van der Waals surface area contributed by atoms with Crippen LogP contribution in [0.5, 0.6) is 17.2 Å². The minimum Gasteiger partial charge on any atom is -0.487 e. The van der Waals surface area contributed by atoms with Crippen molar-refractivity contribution in [3.8, 4) is 75.7 Å². The number of aliphatic hydroxyl groups excluding tert-OH is 1. The number of piperazine rings is 3. The number of nitrogens with zero attached hydrogens (tertiary/aromatic N) is 19. The number of nitriles is 4. The number of carbonyl (C=O) groups excluding carboxylic acids is 3. The Bertz CT molecular complexity index is 5520. The normalized spacial score (nSPS) is 20.1. The van der Waals surface area contributed by atoms with Crippen LogP contribution in [0.4, 0.5) is 51.6 Å². The fourth-order valence-corrected chi connectivity index (χ4v) is 17.0. The van der Waals surface area contributed by atoms with Crippen molar-refractivity contribution in [3.63, 3.8) is 0 Å². The van der Waals surface area contributed by atoms with E-state index in [1.807, 2.05) is 47.4 Å². The third-order valence-corrected chi connectivity index (χ3v) is 24.8. The van der Waals surface area contributed by atoms with E-state index in [-0.39, 0.29) is 48.4 Å². The van der Waals surface area contributed by atoms with Gasteiger partial charge in [0.05, 0.1) is 119 Å². The Labute approximate surface area is 737 Å². The van der Waals surface area contributed by atoms with Crippen LogP contribution in [0.25, 0.3) is 34.2 Å². The zero-order valence-electron chi connectivity index (χ0n) is 70.9. The van der Waals surface area contributed by atoms with E-state index in [4.69, 9.17) is 43.4 Å². The molecule has 0 radical (unpaired) electrons. The molecule has 10 saturated heterocycles. The van der Waals surface area contributed by atoms with Gasteiger partial charge in [0.2, 0.25) is 11.8 Å². The first kappa shape index (κ1) is 86.0. The fraction of sp³-hybridized carbons (Fsp3) is 0.415. The number of amides is 3. The number of nitrogens with one attached hydrogen (secondary N) is 3. The Morgan fingerprint density at radius 1 is 0.417 bits per heavy atom. The molecule has 4 N–H and O–H groups in total. The van der Waals surface area contributed by atoms with E-state index in [1.165, 1.54) is 24.0 Å². The van der Waals surface area contributed by atoms with Crippen molar-refractivity contribution in [3.05, 3.63) is 181 Å². The van der Waals surface area contributed by atoms with Crippen LogP contribution in [-0.4, -0.2) is 295 Å². The van der Waals surface area contributed by atoms with Crippen LogP contribution in [0.2, 0.25) is 0 Å². The zero-order valence-corrected chi connectivity index (χ0v) is 70.9. The van der Waals surface area contributed by atoms with Gasteiger partial charge in [-0.25, -0.2) is 29.9 Å². The third kappa shape index (κ3) is 21.2. The van der Waals surface area contributed by atoms with Crippen molar-refractivity contribution < 1.29 is 52.6 Å². The van der Waals surface area contributed by atoms with Crippen LogP contribution in [0.1, 0.15) is 49.3 Å². The van der Waals surface area contributed by atoms with Crippen LogP contribution in [-0.2, 0) is 33.3 Å². The van der Waals surface area contributed by atoms with E-state index in [9.17, 15) is 35.3 Å². The molecule has 654 valence electrons. The molecule has 0 bridgehead atoms. The summed E-state index contributed by atoms with van der Waals surface area (Å²) in [5, 5.41) is 57.9. The molecule has 10 fully saturated rings. The van der Waals surface area contributed by atoms with E-state index < -0.39 is 6.10 Å². The highest BCUT2D eigenvalue weighted by molar-refractivity contribution is 5.81. The standard InChI is InChI=1S/C32H35N7O4.C31H32N8O3.C31H35N7O4/c33-16-23-15-22(1-6-29(23)43-28-8-10-39(17-28)32(40)24-18-41-19-24)31-34-9-7-30(36-31)35-25-2-4-26(5-3-25)37-11-13-38(14-12-37)27-20-42-21-27;32-10-7-30(40)39-12-9-27(19-39)42-28-6-1-22(17-23(28)18-33)31-34-11-8-29(36-31)35-24-2-4-25(5-3-24)37-13-15-38(16-14-37)26-20-41-21-26;1-21(39)31(40)38-11-9-27(18-38)42-28-7-2-22(16-23(28)17-32)30-33-10-8-29(35-30)34-24-3-5-25(6-4-24)36-12-14-37(15-13-36)26-19-41-20-26/h1-7,9,15,24,27-28H,8,10-14,17-21H2,(H,34,35,36);1-6,8,11,17,26-27H,7,9,12-16,19-21H2,(H,34,35,36);2-8,10,16,21,26-27,39H,9,11-15,18-20H2,1H3,(H,33,34,35)/t28-;27-;21-,27+/m110/s1. The van der Waals surface area contributed by atoms with Crippen molar-refractivity contribution in [1.29, 1.82) is 21.0 Å². The summed E-state index contributed by atoms with van der Waals surface area (Å²) in [6.07, 6.45) is 5.30. The van der Waals surface area contributed by atoms with E-state index >= 15 is 0 Å². The molecule has 0 unspecified atom stereocenters. The molecular weight excluding hydrogens is 1610 g/mol. The predicted octanol–water partition coefficient (Wildman–Crippen LogP) is 8.72. The number of rotatable bonds is 24. The van der Waals surface area contributed by atoms with Crippen molar-refractivity contribution >= 4 is 69.3 Å². The number of carbonyl (C=O) groups is 3. The first-order valence-corrected chi connectivity index (χ1v) is 43.6. The lowest BCUT2D eigenvalue weighted by atomic mass is 10.1. The zero-order chi connectivity index (χ0) is 87.1. The van der Waals surface area contributed by atoms with Gasteiger partial charge in [-0.2, -0.15) is 21.0 Å². The summed E-state index contributed by atoms with van der Waals surface area (Å²) in [4.78, 5) is 83.8. The maximum absolute atomic E-state index is 12.5. The van der Waals surface area contributed by atoms with Gasteiger partial charge >= 0.3 is 0 Å². The fourth-order valence-electron chi connectivity index (χ4n) is 17.0. The highest BCUT2D eigenvalue weighted by Gasteiger charge is 2.38. The lowest BCUT2D eigenvalue weighted by Crippen LogP contribution is -2.56. The highest BCUT2D eigenvalue weighted by Crippen LogP contribution is 2.35. The minimum absolute atomic E-state index is 0.0311. The number of benzene rings is 6. The first-order chi connectivity index (χ1) is 62.2. The van der Waals surface area contributed by atoms with Gasteiger partial charge in [0, 0.05) is 187 Å². The summed E-state index contributed by atoms with van der Waals surface area (Å²) in [6.45, 7) is 23.1. The van der Waals surface area contributed by atoms with Crippen molar-refractivity contribution in [2.75, 3.05) is 201 Å². The molecule has 19 rings (SSSR count). The van der Waals surface area contributed by atoms with Crippen LogP contribution < -0.4 is 44.9 Å². The van der Waals surface area contributed by atoms with Crippen molar-refractivity contribution in [2.45, 2.75) is 75.1 Å². The summed E-state index contributed by atoms with van der Waals surface area (Å²) in [5.41, 5.74) is 9.69. The summed E-state index contributed by atoms with van der Waals surface area (Å²) in [6, 6.07) is 56.9. The van der Waals surface area contributed by atoms with Crippen LogP contribution in [0, 0.1) is 51.2 Å². The second-order valence-electron chi connectivity index (χ2n) is 33.2. The Morgan fingerprint density at radius 2 is 0.740 bits per heavy atom. The van der Waals surface area contributed by atoms with Crippen LogP contribution in [0.15, 0.2) is 164 Å². The third-order valence-electron chi connectivity index (χ3n) is 24.8. The molecule has 3 aromatic heterocycles. The van der Waals surface area contributed by atoms with E-state index in [0.29, 0.717) is 163 Å². The van der Waals surface area contributed by atoms with Crippen molar-refractivity contribution in [1.82, 2.24) is 59.3 Å². The molecule has 0 aliphatic carbocycles. The van der Waals surface area contributed by atoms with Crippen LogP contribution >= 0.6 is 0 Å². The van der Waals surface area contributed by atoms with Gasteiger partial charge in [-0.3, -0.25) is 29.1 Å². The molecule has 13 heterocycles. The van der Waals surface area contributed by atoms with Gasteiger partial charge in [0.25, 0.3) is 5.91 Å². The molecule has 6 aromatic carbocycles.